The molecule has 0 bridgehead atoms. The summed E-state index contributed by atoms with van der Waals surface area (Å²) in [5.41, 5.74) is -1.38. The van der Waals surface area contributed by atoms with Crippen molar-refractivity contribution in [3.05, 3.63) is 22.8 Å². The van der Waals surface area contributed by atoms with E-state index < -0.39 is 23.3 Å². The Kier molecular flexibility index (Phi) is 5.40. The number of nitrogens with zero attached hydrogens (tertiary/aromatic N) is 1. The van der Waals surface area contributed by atoms with Crippen LogP contribution in [-0.4, -0.2) is 28.2 Å². The number of carbonyl (C=O) groups is 2. The van der Waals surface area contributed by atoms with Crippen LogP contribution < -0.4 is 5.32 Å². The van der Waals surface area contributed by atoms with E-state index in [1.54, 1.807) is 41.5 Å². The first kappa shape index (κ1) is 18.2. The van der Waals surface area contributed by atoms with E-state index in [2.05, 4.69) is 10.3 Å². The molecule has 0 spiro atoms. The van der Waals surface area contributed by atoms with Crippen LogP contribution in [0.2, 0.25) is 5.02 Å². The topological polar surface area (TPSA) is 77.5 Å². The Morgan fingerprint density at radius 2 is 1.64 bits per heavy atom. The van der Waals surface area contributed by atoms with Crippen molar-refractivity contribution in [1.82, 2.24) is 4.98 Å². The first-order valence-electron chi connectivity index (χ1n) is 6.77. The summed E-state index contributed by atoms with van der Waals surface area (Å²) in [5.74, 6) is -0.673. The molecule has 1 N–H and O–H groups in total. The predicted octanol–water partition coefficient (Wildman–Crippen LogP) is 4.04. The van der Waals surface area contributed by atoms with Gasteiger partial charge in [0, 0.05) is 6.20 Å². The molecule has 0 saturated carbocycles. The summed E-state index contributed by atoms with van der Waals surface area (Å²) in [6, 6.07) is 1.45. The normalized spacial score (nSPS) is 11.8. The van der Waals surface area contributed by atoms with Crippen LogP contribution in [0.5, 0.6) is 0 Å². The fourth-order valence-electron chi connectivity index (χ4n) is 1.46. The number of anilines is 1. The molecule has 1 heterocycles. The molecule has 0 aliphatic heterocycles. The monoisotopic (exact) mass is 328 g/mol. The zero-order valence-corrected chi connectivity index (χ0v) is 14.4. The van der Waals surface area contributed by atoms with Gasteiger partial charge in [-0.3, -0.25) is 5.32 Å². The molecule has 0 fully saturated rings. The van der Waals surface area contributed by atoms with Crippen molar-refractivity contribution in [1.29, 1.82) is 0 Å². The Hall–Kier alpha value is -1.82. The minimum Gasteiger partial charge on any atom is -0.456 e. The van der Waals surface area contributed by atoms with Gasteiger partial charge in [0.05, 0.1) is 5.02 Å². The van der Waals surface area contributed by atoms with Gasteiger partial charge in [-0.1, -0.05) is 11.6 Å². The highest BCUT2D eigenvalue weighted by molar-refractivity contribution is 6.34. The van der Waals surface area contributed by atoms with E-state index in [0.29, 0.717) is 0 Å². The second-order valence-electron chi connectivity index (χ2n) is 6.65. The molecule has 0 radical (unpaired) electrons. The van der Waals surface area contributed by atoms with Crippen LogP contribution >= 0.6 is 11.6 Å². The molecule has 1 aromatic rings. The van der Waals surface area contributed by atoms with Gasteiger partial charge < -0.3 is 9.47 Å². The number of nitrogens with one attached hydrogen (secondary N) is 1. The lowest BCUT2D eigenvalue weighted by Crippen LogP contribution is -2.29. The van der Waals surface area contributed by atoms with E-state index in [-0.39, 0.29) is 16.4 Å². The van der Waals surface area contributed by atoms with Gasteiger partial charge in [-0.05, 0) is 47.6 Å². The van der Waals surface area contributed by atoms with E-state index in [1.807, 2.05) is 0 Å². The number of hydrogen-bond donors (Lipinski definition) is 1. The molecule has 0 atom stereocenters. The van der Waals surface area contributed by atoms with Gasteiger partial charge in [0.15, 0.2) is 5.82 Å². The van der Waals surface area contributed by atoms with Crippen molar-refractivity contribution < 1.29 is 19.1 Å². The molecule has 1 aromatic heterocycles. The van der Waals surface area contributed by atoms with Crippen LogP contribution in [0, 0.1) is 0 Å². The Labute approximate surface area is 135 Å². The second-order valence-corrected chi connectivity index (χ2v) is 7.05. The third kappa shape index (κ3) is 5.89. The molecule has 122 valence electrons. The Morgan fingerprint density at radius 3 is 2.14 bits per heavy atom. The summed E-state index contributed by atoms with van der Waals surface area (Å²) in [7, 11) is 0. The summed E-state index contributed by atoms with van der Waals surface area (Å²) in [6.45, 7) is 10.4. The molecule has 1 rings (SSSR count). The van der Waals surface area contributed by atoms with Crippen LogP contribution in [-0.2, 0) is 9.47 Å². The number of carbonyl (C=O) groups excluding carboxylic acids is 2. The first-order valence-corrected chi connectivity index (χ1v) is 7.15. The maximum Gasteiger partial charge on any atom is 0.413 e. The number of amides is 1. The van der Waals surface area contributed by atoms with E-state index >= 15 is 0 Å². The third-order valence-electron chi connectivity index (χ3n) is 2.12. The van der Waals surface area contributed by atoms with Gasteiger partial charge in [-0.2, -0.15) is 0 Å². The van der Waals surface area contributed by atoms with Crippen molar-refractivity contribution in [3.63, 3.8) is 0 Å². The van der Waals surface area contributed by atoms with Gasteiger partial charge in [0.1, 0.15) is 16.8 Å². The van der Waals surface area contributed by atoms with Crippen LogP contribution in [0.15, 0.2) is 12.3 Å². The maximum absolute atomic E-state index is 12.2. The summed E-state index contributed by atoms with van der Waals surface area (Å²) in [6.07, 6.45) is 0.648. The zero-order chi connectivity index (χ0) is 17.1. The molecule has 0 aromatic carbocycles. The van der Waals surface area contributed by atoms with Crippen molar-refractivity contribution in [2.75, 3.05) is 5.32 Å². The number of rotatable bonds is 2. The van der Waals surface area contributed by atoms with Gasteiger partial charge >= 0.3 is 12.1 Å². The van der Waals surface area contributed by atoms with Gasteiger partial charge in [-0.25, -0.2) is 14.6 Å². The number of hydrogen-bond acceptors (Lipinski definition) is 5. The molecule has 22 heavy (non-hydrogen) atoms. The summed E-state index contributed by atoms with van der Waals surface area (Å²) >= 11 is 6.04. The standard InChI is InChI=1S/C15H21ClN2O4/c1-14(2,3)21-12(19)10-9(16)7-8-17-11(10)18-13(20)22-15(4,5)6/h7-8H,1-6H3,(H,17,18,20). The molecular weight excluding hydrogens is 308 g/mol. The van der Waals surface area contributed by atoms with Crippen LogP contribution in [0.25, 0.3) is 0 Å². The minimum absolute atomic E-state index is 0.00370. The minimum atomic E-state index is -0.730. The van der Waals surface area contributed by atoms with E-state index in [1.165, 1.54) is 12.3 Å². The van der Waals surface area contributed by atoms with Crippen molar-refractivity contribution in [2.24, 2.45) is 0 Å². The lowest BCUT2D eigenvalue weighted by Gasteiger charge is -2.22. The number of ether oxygens (including phenoxy) is 2. The lowest BCUT2D eigenvalue weighted by atomic mass is 10.2. The van der Waals surface area contributed by atoms with Crippen molar-refractivity contribution in [3.8, 4) is 0 Å². The molecule has 0 unspecified atom stereocenters. The van der Waals surface area contributed by atoms with Crippen molar-refractivity contribution in [2.45, 2.75) is 52.7 Å². The molecule has 0 aliphatic carbocycles. The fourth-order valence-corrected chi connectivity index (χ4v) is 1.68. The average Bonchev–Trinajstić information content (AvgIpc) is 2.22. The second kappa shape index (κ2) is 6.52. The zero-order valence-electron chi connectivity index (χ0n) is 13.6. The van der Waals surface area contributed by atoms with Gasteiger partial charge in [0.25, 0.3) is 0 Å². The van der Waals surface area contributed by atoms with E-state index in [0.717, 1.165) is 0 Å². The molecule has 7 heteroatoms. The van der Waals surface area contributed by atoms with E-state index in [4.69, 9.17) is 21.1 Å². The van der Waals surface area contributed by atoms with Gasteiger partial charge in [-0.15, -0.1) is 0 Å². The van der Waals surface area contributed by atoms with Crippen LogP contribution in [0.4, 0.5) is 10.6 Å². The summed E-state index contributed by atoms with van der Waals surface area (Å²) in [4.78, 5) is 28.0. The smallest absolute Gasteiger partial charge is 0.413 e. The summed E-state index contributed by atoms with van der Waals surface area (Å²) < 4.78 is 10.4. The Bertz CT molecular complexity index is 574. The Balaban J connectivity index is 3.04. The highest BCUT2D eigenvalue weighted by atomic mass is 35.5. The molecule has 1 amide bonds. The lowest BCUT2D eigenvalue weighted by molar-refractivity contribution is 0.00706. The molecular formula is C15H21ClN2O4. The van der Waals surface area contributed by atoms with Gasteiger partial charge in [0.2, 0.25) is 0 Å². The first-order chi connectivity index (χ1) is 9.89. The maximum atomic E-state index is 12.2. The third-order valence-corrected chi connectivity index (χ3v) is 2.44. The van der Waals surface area contributed by atoms with Crippen LogP contribution in [0.1, 0.15) is 51.9 Å². The number of halogens is 1. The largest absolute Gasteiger partial charge is 0.456 e. The predicted molar refractivity (Wildman–Crippen MR) is 84.3 cm³/mol. The fraction of sp³-hybridized carbons (Fsp3) is 0.533. The molecule has 0 aliphatic rings. The quantitative estimate of drug-likeness (QED) is 0.829. The molecule has 6 nitrogen and oxygen atoms in total. The number of esters is 1. The Morgan fingerprint density at radius 1 is 1.09 bits per heavy atom. The summed E-state index contributed by atoms with van der Waals surface area (Å²) in [5, 5.41) is 2.55. The average molecular weight is 329 g/mol. The highest BCUT2D eigenvalue weighted by Gasteiger charge is 2.25. The van der Waals surface area contributed by atoms with E-state index in [9.17, 15) is 9.59 Å². The van der Waals surface area contributed by atoms with Crippen LogP contribution in [0.3, 0.4) is 0 Å². The number of pyridine rings is 1. The number of aromatic nitrogens is 1. The highest BCUT2D eigenvalue weighted by Crippen LogP contribution is 2.25. The van der Waals surface area contributed by atoms with Crippen molar-refractivity contribution >= 4 is 29.5 Å². The SMILES string of the molecule is CC(C)(C)OC(=O)Nc1nccc(Cl)c1C(=O)OC(C)(C)C. The molecule has 0 saturated heterocycles.